The summed E-state index contributed by atoms with van der Waals surface area (Å²) in [5, 5.41) is 1.71. The highest BCUT2D eigenvalue weighted by atomic mass is 16.2. The van der Waals surface area contributed by atoms with Crippen molar-refractivity contribution in [2.45, 2.75) is 32.9 Å². The highest BCUT2D eigenvalue weighted by molar-refractivity contribution is 5.77. The van der Waals surface area contributed by atoms with Crippen molar-refractivity contribution in [2.75, 3.05) is 6.54 Å². The summed E-state index contributed by atoms with van der Waals surface area (Å²) >= 11 is 0. The Labute approximate surface area is 112 Å². The van der Waals surface area contributed by atoms with Gasteiger partial charge in [-0.05, 0) is 25.5 Å². The summed E-state index contributed by atoms with van der Waals surface area (Å²) in [7, 11) is 0. The number of carbonyl (C=O) groups excluding carboxylic acids is 1. The number of fused-ring (bicyclic) bond motifs is 1. The predicted octanol–water partition coefficient (Wildman–Crippen LogP) is 1.68. The number of hydrazine groups is 1. The summed E-state index contributed by atoms with van der Waals surface area (Å²) in [5.41, 5.74) is 5.34. The molecule has 5 heteroatoms. The van der Waals surface area contributed by atoms with Gasteiger partial charge in [-0.1, -0.05) is 12.1 Å². The molecule has 1 fully saturated rings. The Balaban J connectivity index is 1.82. The van der Waals surface area contributed by atoms with Crippen molar-refractivity contribution in [3.8, 4) is 0 Å². The Kier molecular flexibility index (Phi) is 3.21. The number of nitrogens with zero attached hydrogens (tertiary/aromatic N) is 3. The SMILES string of the molecule is CCn1c(CNN2CCCC2=O)nc2ccccc21. The molecule has 5 nitrogen and oxygen atoms in total. The maximum atomic E-state index is 11.6. The van der Waals surface area contributed by atoms with Crippen LogP contribution in [0.1, 0.15) is 25.6 Å². The summed E-state index contributed by atoms with van der Waals surface area (Å²) in [4.78, 5) is 16.2. The Morgan fingerprint density at radius 2 is 2.21 bits per heavy atom. The average Bonchev–Trinajstić information content (AvgIpc) is 2.99. The first kappa shape index (κ1) is 12.2. The first-order chi connectivity index (χ1) is 9.29. The van der Waals surface area contributed by atoms with E-state index < -0.39 is 0 Å². The molecule has 0 atom stereocenters. The van der Waals surface area contributed by atoms with Gasteiger partial charge in [0.05, 0.1) is 17.6 Å². The largest absolute Gasteiger partial charge is 0.327 e. The van der Waals surface area contributed by atoms with Crippen LogP contribution in [0, 0.1) is 0 Å². The van der Waals surface area contributed by atoms with Gasteiger partial charge in [0, 0.05) is 19.5 Å². The van der Waals surface area contributed by atoms with Gasteiger partial charge < -0.3 is 4.57 Å². The molecule has 1 aliphatic heterocycles. The number of benzene rings is 1. The van der Waals surface area contributed by atoms with E-state index in [1.807, 2.05) is 18.2 Å². The van der Waals surface area contributed by atoms with E-state index in [2.05, 4.69) is 28.0 Å². The normalized spacial score (nSPS) is 15.6. The second-order valence-corrected chi connectivity index (χ2v) is 4.74. The first-order valence-corrected chi connectivity index (χ1v) is 6.77. The van der Waals surface area contributed by atoms with Crippen molar-refractivity contribution >= 4 is 16.9 Å². The van der Waals surface area contributed by atoms with E-state index in [0.29, 0.717) is 13.0 Å². The van der Waals surface area contributed by atoms with Crippen LogP contribution in [0.4, 0.5) is 0 Å². The van der Waals surface area contributed by atoms with Gasteiger partial charge >= 0.3 is 0 Å². The molecule has 2 aromatic rings. The van der Waals surface area contributed by atoms with Crippen LogP contribution in [0.25, 0.3) is 11.0 Å². The van der Waals surface area contributed by atoms with Gasteiger partial charge in [-0.2, -0.15) is 0 Å². The summed E-state index contributed by atoms with van der Waals surface area (Å²) in [6, 6.07) is 8.12. The highest BCUT2D eigenvalue weighted by Crippen LogP contribution is 2.16. The van der Waals surface area contributed by atoms with Crippen molar-refractivity contribution in [3.05, 3.63) is 30.1 Å². The maximum absolute atomic E-state index is 11.6. The fourth-order valence-electron chi connectivity index (χ4n) is 2.59. The van der Waals surface area contributed by atoms with Crippen LogP contribution >= 0.6 is 0 Å². The summed E-state index contributed by atoms with van der Waals surface area (Å²) in [6.45, 7) is 4.38. The molecule has 1 saturated heterocycles. The Hall–Kier alpha value is -1.88. The molecule has 0 saturated carbocycles. The molecule has 1 aliphatic rings. The standard InChI is InChI=1S/C14H18N4O/c1-2-17-12-7-4-3-6-11(12)16-13(17)10-15-18-9-5-8-14(18)19/h3-4,6-7,15H,2,5,8-10H2,1H3. The minimum absolute atomic E-state index is 0.180. The molecule has 0 bridgehead atoms. The molecule has 1 aromatic carbocycles. The quantitative estimate of drug-likeness (QED) is 0.907. The summed E-state index contributed by atoms with van der Waals surface area (Å²) in [6.07, 6.45) is 1.59. The molecule has 0 spiro atoms. The van der Waals surface area contributed by atoms with Crippen molar-refractivity contribution in [1.82, 2.24) is 20.0 Å². The molecule has 0 radical (unpaired) electrons. The predicted molar refractivity (Wildman–Crippen MR) is 73.2 cm³/mol. The van der Waals surface area contributed by atoms with Gasteiger partial charge in [0.2, 0.25) is 5.91 Å². The van der Waals surface area contributed by atoms with E-state index in [9.17, 15) is 4.79 Å². The van der Waals surface area contributed by atoms with E-state index >= 15 is 0 Å². The smallest absolute Gasteiger partial charge is 0.236 e. The number of aromatic nitrogens is 2. The number of amides is 1. The molecule has 0 aliphatic carbocycles. The lowest BCUT2D eigenvalue weighted by Gasteiger charge is -2.17. The van der Waals surface area contributed by atoms with Crippen molar-refractivity contribution < 1.29 is 4.79 Å². The lowest BCUT2D eigenvalue weighted by atomic mass is 10.3. The molecule has 1 amide bonds. The zero-order valence-corrected chi connectivity index (χ0v) is 11.1. The van der Waals surface area contributed by atoms with Gasteiger partial charge in [0.15, 0.2) is 0 Å². The monoisotopic (exact) mass is 258 g/mol. The van der Waals surface area contributed by atoms with Crippen molar-refractivity contribution in [1.29, 1.82) is 0 Å². The number of hydrogen-bond donors (Lipinski definition) is 1. The van der Waals surface area contributed by atoms with Crippen LogP contribution in [-0.4, -0.2) is 27.0 Å². The van der Waals surface area contributed by atoms with Crippen molar-refractivity contribution in [2.24, 2.45) is 0 Å². The molecule has 1 aromatic heterocycles. The van der Waals surface area contributed by atoms with E-state index in [4.69, 9.17) is 0 Å². The number of aryl methyl sites for hydroxylation is 1. The summed E-state index contributed by atoms with van der Waals surface area (Å²) < 4.78 is 2.18. The fraction of sp³-hybridized carbons (Fsp3) is 0.429. The van der Waals surface area contributed by atoms with E-state index in [0.717, 1.165) is 36.4 Å². The second-order valence-electron chi connectivity index (χ2n) is 4.74. The molecule has 0 unspecified atom stereocenters. The Morgan fingerprint density at radius 3 is 2.95 bits per heavy atom. The Morgan fingerprint density at radius 1 is 1.37 bits per heavy atom. The van der Waals surface area contributed by atoms with Gasteiger partial charge in [0.1, 0.15) is 5.82 Å². The van der Waals surface area contributed by atoms with Crippen LogP contribution in [0.2, 0.25) is 0 Å². The van der Waals surface area contributed by atoms with Crippen LogP contribution in [0.15, 0.2) is 24.3 Å². The third kappa shape index (κ3) is 2.21. The molecule has 19 heavy (non-hydrogen) atoms. The maximum Gasteiger partial charge on any atom is 0.236 e. The minimum Gasteiger partial charge on any atom is -0.327 e. The van der Waals surface area contributed by atoms with Gasteiger partial charge in [0.25, 0.3) is 0 Å². The van der Waals surface area contributed by atoms with Crippen LogP contribution in [0.3, 0.4) is 0 Å². The minimum atomic E-state index is 0.180. The van der Waals surface area contributed by atoms with E-state index in [-0.39, 0.29) is 5.91 Å². The molecular weight excluding hydrogens is 240 g/mol. The van der Waals surface area contributed by atoms with Gasteiger partial charge in [-0.15, -0.1) is 0 Å². The summed E-state index contributed by atoms with van der Waals surface area (Å²) in [5.74, 6) is 1.16. The van der Waals surface area contributed by atoms with E-state index in [1.54, 1.807) is 5.01 Å². The number of imidazole rings is 1. The first-order valence-electron chi connectivity index (χ1n) is 6.77. The second kappa shape index (κ2) is 5.01. The number of rotatable bonds is 4. The Bertz CT molecular complexity index is 605. The molecule has 3 rings (SSSR count). The topological polar surface area (TPSA) is 50.2 Å². The average molecular weight is 258 g/mol. The zero-order chi connectivity index (χ0) is 13.2. The number of para-hydroxylation sites is 2. The molecule has 1 N–H and O–H groups in total. The molecular formula is C14H18N4O. The molecule has 2 heterocycles. The van der Waals surface area contributed by atoms with Gasteiger partial charge in [-0.3, -0.25) is 9.80 Å². The lowest BCUT2D eigenvalue weighted by Crippen LogP contribution is -2.38. The van der Waals surface area contributed by atoms with Crippen molar-refractivity contribution in [3.63, 3.8) is 0 Å². The third-order valence-corrected chi connectivity index (χ3v) is 3.55. The van der Waals surface area contributed by atoms with E-state index in [1.165, 1.54) is 0 Å². The zero-order valence-electron chi connectivity index (χ0n) is 11.1. The van der Waals surface area contributed by atoms with Crippen LogP contribution in [-0.2, 0) is 17.9 Å². The fourth-order valence-corrected chi connectivity index (χ4v) is 2.59. The third-order valence-electron chi connectivity index (χ3n) is 3.55. The van der Waals surface area contributed by atoms with Crippen LogP contribution < -0.4 is 5.43 Å². The number of hydrogen-bond acceptors (Lipinski definition) is 3. The number of nitrogens with one attached hydrogen (secondary N) is 1. The highest BCUT2D eigenvalue weighted by Gasteiger charge is 2.20. The molecule has 100 valence electrons. The van der Waals surface area contributed by atoms with Crippen LogP contribution in [0.5, 0.6) is 0 Å². The lowest BCUT2D eigenvalue weighted by molar-refractivity contribution is -0.130. The number of carbonyl (C=O) groups is 1. The van der Waals surface area contributed by atoms with Gasteiger partial charge in [-0.25, -0.2) is 10.4 Å².